The van der Waals surface area contributed by atoms with E-state index in [4.69, 9.17) is 10.00 Å². The molecule has 0 aliphatic heterocycles. The molecule has 0 spiro atoms. The Bertz CT molecular complexity index is 504. The highest BCUT2D eigenvalue weighted by Crippen LogP contribution is 2.39. The Labute approximate surface area is 130 Å². The number of benzene rings is 1. The molecular weight excluding hydrogens is 334 g/mol. The summed E-state index contributed by atoms with van der Waals surface area (Å²) in [7, 11) is -2.14. The van der Waals surface area contributed by atoms with Crippen molar-refractivity contribution in [2.75, 3.05) is 6.61 Å². The van der Waals surface area contributed by atoms with Gasteiger partial charge < -0.3 is 9.53 Å². The molecule has 0 aromatic heterocycles. The molecule has 1 N–H and O–H groups in total. The van der Waals surface area contributed by atoms with Gasteiger partial charge in [0.2, 0.25) is 0 Å². The highest BCUT2D eigenvalue weighted by Gasteiger charge is 2.37. The van der Waals surface area contributed by atoms with Gasteiger partial charge in [-0.1, -0.05) is 13.8 Å². The average molecular weight is 356 g/mol. The van der Waals surface area contributed by atoms with Crippen molar-refractivity contribution in [3.05, 3.63) is 28.2 Å². The fraction of sp³-hybridized carbons (Fsp3) is 0.533. The van der Waals surface area contributed by atoms with Crippen molar-refractivity contribution >= 4 is 24.2 Å². The Balaban J connectivity index is 2.48. The standard InChI is InChI=1S/C15H22BrNO2Si/c1-15(2,20(3,4)18)8-5-9-19-14-7-6-12(11-17)10-13(14)16/h6-7,10,18H,5,8-9H2,1-4H3. The predicted octanol–water partition coefficient (Wildman–Crippen LogP) is 4.46. The second kappa shape index (κ2) is 6.75. The van der Waals surface area contributed by atoms with Crippen LogP contribution in [0, 0.1) is 11.3 Å². The number of ether oxygens (including phenoxy) is 1. The first-order valence-corrected chi connectivity index (χ1v) is 10.5. The van der Waals surface area contributed by atoms with Crippen LogP contribution in [-0.4, -0.2) is 19.7 Å². The van der Waals surface area contributed by atoms with Crippen LogP contribution in [-0.2, 0) is 0 Å². The summed E-state index contributed by atoms with van der Waals surface area (Å²) >= 11 is 3.40. The zero-order valence-corrected chi connectivity index (χ0v) is 15.1. The van der Waals surface area contributed by atoms with Crippen LogP contribution in [0.5, 0.6) is 5.75 Å². The summed E-state index contributed by atoms with van der Waals surface area (Å²) in [6, 6.07) is 7.39. The van der Waals surface area contributed by atoms with Crippen molar-refractivity contribution in [2.24, 2.45) is 0 Å². The van der Waals surface area contributed by atoms with Crippen LogP contribution in [0.25, 0.3) is 0 Å². The van der Waals surface area contributed by atoms with E-state index in [0.29, 0.717) is 12.2 Å². The molecule has 0 bridgehead atoms. The summed E-state index contributed by atoms with van der Waals surface area (Å²) in [4.78, 5) is 10.2. The van der Waals surface area contributed by atoms with E-state index < -0.39 is 8.32 Å². The summed E-state index contributed by atoms with van der Waals surface area (Å²) in [5, 5.41) is 8.79. The van der Waals surface area contributed by atoms with Gasteiger partial charge in [-0.15, -0.1) is 0 Å². The third kappa shape index (κ3) is 4.62. The summed E-state index contributed by atoms with van der Waals surface area (Å²) < 4.78 is 6.52. The lowest BCUT2D eigenvalue weighted by atomic mass is 10.1. The minimum absolute atomic E-state index is 0.0156. The molecule has 1 aromatic carbocycles. The van der Waals surface area contributed by atoms with Gasteiger partial charge >= 0.3 is 0 Å². The lowest BCUT2D eigenvalue weighted by Crippen LogP contribution is -2.39. The van der Waals surface area contributed by atoms with E-state index in [1.165, 1.54) is 0 Å². The average Bonchev–Trinajstić information content (AvgIpc) is 2.34. The number of rotatable bonds is 6. The monoisotopic (exact) mass is 355 g/mol. The van der Waals surface area contributed by atoms with Gasteiger partial charge in [-0.05, 0) is 65.1 Å². The topological polar surface area (TPSA) is 53.2 Å². The molecular formula is C15H22BrNO2Si. The Morgan fingerprint density at radius 1 is 1.40 bits per heavy atom. The van der Waals surface area contributed by atoms with Crippen molar-refractivity contribution in [1.82, 2.24) is 0 Å². The van der Waals surface area contributed by atoms with Crippen LogP contribution >= 0.6 is 15.9 Å². The van der Waals surface area contributed by atoms with Crippen LogP contribution in [0.3, 0.4) is 0 Å². The molecule has 0 saturated heterocycles. The first-order valence-electron chi connectivity index (χ1n) is 6.72. The summed E-state index contributed by atoms with van der Waals surface area (Å²) in [6.45, 7) is 8.81. The van der Waals surface area contributed by atoms with Crippen molar-refractivity contribution in [3.8, 4) is 11.8 Å². The molecule has 0 aliphatic rings. The van der Waals surface area contributed by atoms with E-state index in [9.17, 15) is 4.80 Å². The molecule has 0 aliphatic carbocycles. The Kier molecular flexibility index (Phi) is 5.81. The lowest BCUT2D eigenvalue weighted by molar-refractivity contribution is 0.293. The van der Waals surface area contributed by atoms with Crippen molar-refractivity contribution in [2.45, 2.75) is 44.8 Å². The fourth-order valence-corrected chi connectivity index (χ4v) is 2.97. The van der Waals surface area contributed by atoms with E-state index >= 15 is 0 Å². The summed E-state index contributed by atoms with van der Waals surface area (Å²) in [6.07, 6.45) is 1.84. The number of hydrogen-bond donors (Lipinski definition) is 1. The van der Waals surface area contributed by atoms with Crippen molar-refractivity contribution < 1.29 is 9.53 Å². The molecule has 0 unspecified atom stereocenters. The molecule has 5 heteroatoms. The molecule has 0 atom stereocenters. The van der Waals surface area contributed by atoms with Gasteiger partial charge in [-0.2, -0.15) is 5.26 Å². The smallest absolute Gasteiger partial charge is 0.188 e. The normalized spacial score (nSPS) is 12.1. The minimum Gasteiger partial charge on any atom is -0.492 e. The Morgan fingerprint density at radius 2 is 2.05 bits per heavy atom. The van der Waals surface area contributed by atoms with Gasteiger partial charge in [0.05, 0.1) is 22.7 Å². The number of nitrogens with zero attached hydrogens (tertiary/aromatic N) is 1. The van der Waals surface area contributed by atoms with Gasteiger partial charge in [0.1, 0.15) is 5.75 Å². The highest BCUT2D eigenvalue weighted by atomic mass is 79.9. The number of nitriles is 1. The van der Waals surface area contributed by atoms with Crippen LogP contribution in [0.1, 0.15) is 32.3 Å². The van der Waals surface area contributed by atoms with Gasteiger partial charge in [-0.3, -0.25) is 0 Å². The third-order valence-corrected chi connectivity index (χ3v) is 8.10. The van der Waals surface area contributed by atoms with Crippen LogP contribution < -0.4 is 4.74 Å². The van der Waals surface area contributed by atoms with E-state index in [2.05, 4.69) is 35.8 Å². The first-order chi connectivity index (χ1) is 9.17. The molecule has 0 fully saturated rings. The van der Waals surface area contributed by atoms with Crippen LogP contribution in [0.2, 0.25) is 18.1 Å². The Hall–Kier alpha value is -0.833. The quantitative estimate of drug-likeness (QED) is 0.605. The zero-order valence-electron chi connectivity index (χ0n) is 12.5. The molecule has 110 valence electrons. The second-order valence-corrected chi connectivity index (χ2v) is 11.5. The Morgan fingerprint density at radius 3 is 2.55 bits per heavy atom. The summed E-state index contributed by atoms with van der Waals surface area (Å²) in [5.74, 6) is 0.752. The van der Waals surface area contributed by atoms with Crippen LogP contribution in [0.15, 0.2) is 22.7 Å². The molecule has 0 radical (unpaired) electrons. The highest BCUT2D eigenvalue weighted by molar-refractivity contribution is 9.10. The maximum absolute atomic E-state index is 10.2. The zero-order chi connectivity index (χ0) is 15.4. The minimum atomic E-state index is -2.14. The van der Waals surface area contributed by atoms with Crippen LogP contribution in [0.4, 0.5) is 0 Å². The molecule has 3 nitrogen and oxygen atoms in total. The molecule has 1 rings (SSSR count). The SMILES string of the molecule is CC(C)(CCCOc1ccc(C#N)cc1Br)[Si](C)(C)O. The maximum Gasteiger partial charge on any atom is 0.188 e. The third-order valence-electron chi connectivity index (χ3n) is 3.92. The van der Waals surface area contributed by atoms with Gasteiger partial charge in [0.25, 0.3) is 0 Å². The molecule has 20 heavy (non-hydrogen) atoms. The van der Waals surface area contributed by atoms with E-state index in [1.54, 1.807) is 18.2 Å². The first kappa shape index (κ1) is 17.2. The molecule has 0 amide bonds. The predicted molar refractivity (Wildman–Crippen MR) is 87.3 cm³/mol. The van der Waals surface area contributed by atoms with Gasteiger partial charge in [0, 0.05) is 0 Å². The fourth-order valence-electron chi connectivity index (χ4n) is 1.69. The number of halogens is 1. The van der Waals surface area contributed by atoms with E-state index in [1.807, 2.05) is 13.1 Å². The maximum atomic E-state index is 10.2. The van der Waals surface area contributed by atoms with Crippen molar-refractivity contribution in [1.29, 1.82) is 5.26 Å². The van der Waals surface area contributed by atoms with E-state index in [-0.39, 0.29) is 5.04 Å². The van der Waals surface area contributed by atoms with Gasteiger partial charge in [0.15, 0.2) is 8.32 Å². The lowest BCUT2D eigenvalue weighted by Gasteiger charge is -2.35. The van der Waals surface area contributed by atoms with E-state index in [0.717, 1.165) is 23.1 Å². The molecule has 1 aromatic rings. The molecule has 0 saturated carbocycles. The van der Waals surface area contributed by atoms with Crippen molar-refractivity contribution in [3.63, 3.8) is 0 Å². The second-order valence-electron chi connectivity index (χ2n) is 6.15. The largest absolute Gasteiger partial charge is 0.492 e. The molecule has 0 heterocycles. The number of hydrogen-bond acceptors (Lipinski definition) is 3. The summed E-state index contributed by atoms with van der Waals surface area (Å²) in [5.41, 5.74) is 0.610. The van der Waals surface area contributed by atoms with Gasteiger partial charge in [-0.25, -0.2) is 0 Å².